The van der Waals surface area contributed by atoms with Gasteiger partial charge in [-0.2, -0.15) is 0 Å². The minimum Gasteiger partial charge on any atom is -0.491 e. The van der Waals surface area contributed by atoms with Gasteiger partial charge in [0.2, 0.25) is 0 Å². The second kappa shape index (κ2) is 10.3. The normalized spacial score (nSPS) is 21.5. The summed E-state index contributed by atoms with van der Waals surface area (Å²) in [7, 11) is -3.16. The molecule has 1 unspecified atom stereocenters. The van der Waals surface area contributed by atoms with Crippen LogP contribution in [0.2, 0.25) is 0 Å². The molecule has 0 bridgehead atoms. The number of allylic oxidation sites excluding steroid dienone is 9. The van der Waals surface area contributed by atoms with Crippen molar-refractivity contribution in [1.29, 1.82) is 0 Å². The third kappa shape index (κ3) is 5.94. The third-order valence-electron chi connectivity index (χ3n) is 5.51. The maximum atomic E-state index is 13.9. The van der Waals surface area contributed by atoms with Crippen LogP contribution in [0.3, 0.4) is 0 Å². The topological polar surface area (TPSA) is 55.7 Å². The molecule has 1 aromatic rings. The monoisotopic (exact) mass is 455 g/mol. The molecule has 0 saturated carbocycles. The van der Waals surface area contributed by atoms with Gasteiger partial charge < -0.3 is 4.74 Å². The SMILES string of the molecule is C/C=C\C=C(/CC)C1=C[C@H](C)C2C=C(c3cccc(F)c3)C=C(OCCS(C)(=O)=O)C2=N1. The molecule has 3 rings (SSSR count). The molecule has 6 heteroatoms. The van der Waals surface area contributed by atoms with Gasteiger partial charge in [-0.1, -0.05) is 56.4 Å². The molecule has 0 aromatic heterocycles. The highest BCUT2D eigenvalue weighted by Crippen LogP contribution is 2.37. The molecule has 0 N–H and O–H groups in total. The fourth-order valence-electron chi connectivity index (χ4n) is 3.79. The van der Waals surface area contributed by atoms with Crippen LogP contribution in [0.5, 0.6) is 0 Å². The Morgan fingerprint density at radius 3 is 2.72 bits per heavy atom. The molecule has 170 valence electrons. The van der Waals surface area contributed by atoms with Crippen molar-refractivity contribution in [1.82, 2.24) is 0 Å². The summed E-state index contributed by atoms with van der Waals surface area (Å²) in [6.45, 7) is 6.23. The summed E-state index contributed by atoms with van der Waals surface area (Å²) in [5.41, 5.74) is 4.40. The Hall–Kier alpha value is -2.73. The predicted molar refractivity (Wildman–Crippen MR) is 129 cm³/mol. The van der Waals surface area contributed by atoms with E-state index in [2.05, 4.69) is 32.1 Å². The van der Waals surface area contributed by atoms with E-state index >= 15 is 0 Å². The first kappa shape index (κ1) is 23.9. The average Bonchev–Trinajstić information content (AvgIpc) is 2.73. The summed E-state index contributed by atoms with van der Waals surface area (Å²) >= 11 is 0. The van der Waals surface area contributed by atoms with Gasteiger partial charge in [-0.3, -0.25) is 0 Å². The smallest absolute Gasteiger partial charge is 0.150 e. The van der Waals surface area contributed by atoms with E-state index in [1.807, 2.05) is 31.2 Å². The first-order chi connectivity index (χ1) is 15.2. The lowest BCUT2D eigenvalue weighted by molar-refractivity contribution is 0.247. The van der Waals surface area contributed by atoms with Crippen LogP contribution in [-0.2, 0) is 14.6 Å². The maximum absolute atomic E-state index is 13.9. The van der Waals surface area contributed by atoms with E-state index in [-0.39, 0.29) is 30.0 Å². The van der Waals surface area contributed by atoms with E-state index in [9.17, 15) is 12.8 Å². The number of hydrogen-bond acceptors (Lipinski definition) is 4. The van der Waals surface area contributed by atoms with Crippen LogP contribution < -0.4 is 0 Å². The lowest BCUT2D eigenvalue weighted by Gasteiger charge is -2.31. The lowest BCUT2D eigenvalue weighted by Crippen LogP contribution is -2.29. The van der Waals surface area contributed by atoms with Gasteiger partial charge in [0.1, 0.15) is 18.2 Å². The third-order valence-corrected chi connectivity index (χ3v) is 6.42. The highest BCUT2D eigenvalue weighted by Gasteiger charge is 2.32. The van der Waals surface area contributed by atoms with Crippen LogP contribution >= 0.6 is 0 Å². The molecule has 1 aliphatic heterocycles. The van der Waals surface area contributed by atoms with Gasteiger partial charge in [0.05, 0.1) is 17.2 Å². The molecule has 0 amide bonds. The van der Waals surface area contributed by atoms with E-state index in [1.165, 1.54) is 18.4 Å². The van der Waals surface area contributed by atoms with Crippen LogP contribution in [0.25, 0.3) is 5.57 Å². The van der Waals surface area contributed by atoms with Crippen molar-refractivity contribution >= 4 is 21.1 Å². The van der Waals surface area contributed by atoms with E-state index in [0.29, 0.717) is 5.76 Å². The number of rotatable bonds is 8. The quantitative estimate of drug-likeness (QED) is 0.475. The van der Waals surface area contributed by atoms with Gasteiger partial charge in [0.25, 0.3) is 0 Å². The Labute approximate surface area is 190 Å². The molecule has 32 heavy (non-hydrogen) atoms. The predicted octanol–water partition coefficient (Wildman–Crippen LogP) is 5.67. The number of sulfone groups is 1. The molecule has 1 aliphatic carbocycles. The molecule has 0 spiro atoms. The van der Waals surface area contributed by atoms with Gasteiger partial charge in [0, 0.05) is 12.2 Å². The van der Waals surface area contributed by atoms with Crippen molar-refractivity contribution in [2.45, 2.75) is 27.2 Å². The fraction of sp³-hybridized carbons (Fsp3) is 0.346. The molecule has 0 fully saturated rings. The second-order valence-electron chi connectivity index (χ2n) is 8.12. The van der Waals surface area contributed by atoms with Crippen molar-refractivity contribution in [3.8, 4) is 0 Å². The standard InChI is InChI=1S/C26H30FNO3S/c1-5-7-9-19(6-2)24-14-18(3)23-16-21(20-10-8-11-22(27)15-20)17-25(26(23)28-24)31-12-13-32(4,29)30/h5,7-11,14-18,23H,6,12-13H2,1-4H3/b7-5-,19-9+/t18-,23?/m0/s1. The van der Waals surface area contributed by atoms with Gasteiger partial charge in [0.15, 0.2) is 9.84 Å². The van der Waals surface area contributed by atoms with E-state index in [1.54, 1.807) is 6.07 Å². The van der Waals surface area contributed by atoms with Crippen LogP contribution in [0.4, 0.5) is 4.39 Å². The Morgan fingerprint density at radius 1 is 1.28 bits per heavy atom. The largest absolute Gasteiger partial charge is 0.491 e. The van der Waals surface area contributed by atoms with Crippen molar-refractivity contribution < 1.29 is 17.5 Å². The summed E-state index contributed by atoms with van der Waals surface area (Å²) in [4.78, 5) is 4.93. The molecule has 4 nitrogen and oxygen atoms in total. The number of halogens is 1. The van der Waals surface area contributed by atoms with Crippen LogP contribution in [0, 0.1) is 17.7 Å². The molecular weight excluding hydrogens is 425 g/mol. The number of fused-ring (bicyclic) bond motifs is 1. The highest BCUT2D eigenvalue weighted by atomic mass is 32.2. The summed E-state index contributed by atoms with van der Waals surface area (Å²) in [5.74, 6) is 0.246. The van der Waals surface area contributed by atoms with E-state index in [0.717, 1.165) is 34.5 Å². The minimum absolute atomic E-state index is 0.0370. The Kier molecular flexibility index (Phi) is 7.67. The Morgan fingerprint density at radius 2 is 2.06 bits per heavy atom. The van der Waals surface area contributed by atoms with Gasteiger partial charge >= 0.3 is 0 Å². The summed E-state index contributed by atoms with van der Waals surface area (Å²) < 4.78 is 43.0. The summed E-state index contributed by atoms with van der Waals surface area (Å²) in [5, 5.41) is 0. The number of aliphatic imine (C=N–C) groups is 1. The minimum atomic E-state index is -3.16. The molecule has 2 aliphatic rings. The fourth-order valence-corrected chi connectivity index (χ4v) is 4.18. The van der Waals surface area contributed by atoms with E-state index < -0.39 is 9.84 Å². The van der Waals surface area contributed by atoms with Gasteiger partial charge in [-0.25, -0.2) is 17.8 Å². The van der Waals surface area contributed by atoms with Crippen molar-refractivity contribution in [2.24, 2.45) is 16.8 Å². The van der Waals surface area contributed by atoms with Gasteiger partial charge in [-0.05, 0) is 54.2 Å². The van der Waals surface area contributed by atoms with Crippen molar-refractivity contribution in [3.05, 3.63) is 89.1 Å². The van der Waals surface area contributed by atoms with Crippen LogP contribution in [-0.4, -0.2) is 32.7 Å². The van der Waals surface area contributed by atoms with Crippen molar-refractivity contribution in [2.75, 3.05) is 18.6 Å². The number of nitrogens with zero attached hydrogens (tertiary/aromatic N) is 1. The summed E-state index contributed by atoms with van der Waals surface area (Å²) in [6, 6.07) is 6.43. The van der Waals surface area contributed by atoms with Crippen LogP contribution in [0.15, 0.2) is 82.7 Å². The highest BCUT2D eigenvalue weighted by molar-refractivity contribution is 7.90. The summed E-state index contributed by atoms with van der Waals surface area (Å²) in [6.07, 6.45) is 14.2. The molecular formula is C26H30FNO3S. The zero-order valence-electron chi connectivity index (χ0n) is 19.0. The van der Waals surface area contributed by atoms with Gasteiger partial charge in [-0.15, -0.1) is 0 Å². The first-order valence-corrected chi connectivity index (χ1v) is 12.9. The van der Waals surface area contributed by atoms with E-state index in [4.69, 9.17) is 9.73 Å². The molecule has 1 heterocycles. The van der Waals surface area contributed by atoms with Crippen LogP contribution in [0.1, 0.15) is 32.8 Å². The number of ether oxygens (including phenoxy) is 1. The zero-order chi connectivity index (χ0) is 23.3. The lowest BCUT2D eigenvalue weighted by atomic mass is 9.79. The zero-order valence-corrected chi connectivity index (χ0v) is 19.8. The average molecular weight is 456 g/mol. The molecule has 2 atom stereocenters. The van der Waals surface area contributed by atoms with Crippen molar-refractivity contribution in [3.63, 3.8) is 0 Å². The Bertz CT molecular complexity index is 1150. The molecule has 0 radical (unpaired) electrons. The Balaban J connectivity index is 2.03. The maximum Gasteiger partial charge on any atom is 0.150 e. The molecule has 0 saturated heterocycles. The number of hydrogen-bond donors (Lipinski definition) is 0. The molecule has 1 aromatic carbocycles. The first-order valence-electron chi connectivity index (χ1n) is 10.8. The number of benzene rings is 1. The second-order valence-corrected chi connectivity index (χ2v) is 10.4.